The van der Waals surface area contributed by atoms with Crippen molar-refractivity contribution in [1.29, 1.82) is 5.26 Å². The van der Waals surface area contributed by atoms with Crippen molar-refractivity contribution in [2.24, 2.45) is 0 Å². The summed E-state index contributed by atoms with van der Waals surface area (Å²) in [6, 6.07) is 18.0. The van der Waals surface area contributed by atoms with E-state index in [9.17, 15) is 10.1 Å². The van der Waals surface area contributed by atoms with Crippen molar-refractivity contribution in [1.82, 2.24) is 9.97 Å². The van der Waals surface area contributed by atoms with E-state index in [2.05, 4.69) is 23.0 Å². The lowest BCUT2D eigenvalue weighted by Gasteiger charge is -2.12. The van der Waals surface area contributed by atoms with Crippen LogP contribution in [0.25, 0.3) is 11.1 Å². The van der Waals surface area contributed by atoms with E-state index in [1.54, 1.807) is 0 Å². The van der Waals surface area contributed by atoms with Gasteiger partial charge in [0, 0.05) is 18.4 Å². The third-order valence-electron chi connectivity index (χ3n) is 4.69. The molecule has 0 saturated carbocycles. The predicted octanol–water partition coefficient (Wildman–Crippen LogP) is 4.41. The molecule has 3 rings (SSSR count). The topological polar surface area (TPSA) is 69.5 Å². The summed E-state index contributed by atoms with van der Waals surface area (Å²) in [6.07, 6.45) is 2.78. The number of rotatable bonds is 6. The van der Waals surface area contributed by atoms with Crippen molar-refractivity contribution in [3.8, 4) is 17.2 Å². The number of aromatic nitrogens is 2. The maximum absolute atomic E-state index is 12.7. The van der Waals surface area contributed by atoms with E-state index >= 15 is 0 Å². The van der Waals surface area contributed by atoms with Gasteiger partial charge in [-0.15, -0.1) is 0 Å². The molecule has 0 saturated heterocycles. The van der Waals surface area contributed by atoms with Gasteiger partial charge in [0.2, 0.25) is 0 Å². The van der Waals surface area contributed by atoms with E-state index < -0.39 is 0 Å². The van der Waals surface area contributed by atoms with Crippen LogP contribution in [0.15, 0.2) is 53.3 Å². The molecule has 4 nitrogen and oxygen atoms in total. The van der Waals surface area contributed by atoms with Crippen LogP contribution in [-0.2, 0) is 19.3 Å². The number of hydrogen-bond acceptors (Lipinski definition) is 3. The smallest absolute Gasteiger partial charge is 0.254 e. The average molecular weight is 357 g/mol. The van der Waals surface area contributed by atoms with Gasteiger partial charge in [-0.1, -0.05) is 68.8 Å². The van der Waals surface area contributed by atoms with Gasteiger partial charge < -0.3 is 4.98 Å². The van der Waals surface area contributed by atoms with Crippen LogP contribution in [-0.4, -0.2) is 9.97 Å². The number of H-pyrrole nitrogens is 1. The van der Waals surface area contributed by atoms with Gasteiger partial charge in [0.1, 0.15) is 11.9 Å². The van der Waals surface area contributed by atoms with Crippen molar-refractivity contribution in [3.63, 3.8) is 0 Å². The fourth-order valence-electron chi connectivity index (χ4n) is 3.32. The highest BCUT2D eigenvalue weighted by atomic mass is 16.1. The minimum atomic E-state index is -0.0979. The second-order valence-corrected chi connectivity index (χ2v) is 6.54. The summed E-state index contributed by atoms with van der Waals surface area (Å²) in [5.41, 5.74) is 4.76. The maximum Gasteiger partial charge on any atom is 0.254 e. The molecule has 1 heterocycles. The van der Waals surface area contributed by atoms with Gasteiger partial charge in [-0.3, -0.25) is 4.79 Å². The zero-order valence-corrected chi connectivity index (χ0v) is 15.7. The molecule has 0 atom stereocenters. The Labute approximate surface area is 159 Å². The van der Waals surface area contributed by atoms with Crippen LogP contribution in [0.5, 0.6) is 0 Å². The SMILES string of the molecule is CCCc1nc(CC)[nH]c(=O)c1Cc1cccc(-c2ccccc2)c1C#N. The molecule has 0 radical (unpaired) electrons. The molecule has 0 bridgehead atoms. The zero-order chi connectivity index (χ0) is 19.2. The lowest BCUT2D eigenvalue weighted by Crippen LogP contribution is -2.21. The molecule has 4 heteroatoms. The largest absolute Gasteiger partial charge is 0.310 e. The third kappa shape index (κ3) is 3.98. The monoisotopic (exact) mass is 357 g/mol. The van der Waals surface area contributed by atoms with Gasteiger partial charge in [0.25, 0.3) is 5.56 Å². The summed E-state index contributed by atoms with van der Waals surface area (Å²) in [7, 11) is 0. The van der Waals surface area contributed by atoms with Crippen LogP contribution in [0.4, 0.5) is 0 Å². The number of aromatic amines is 1. The van der Waals surface area contributed by atoms with Crippen LogP contribution in [0.1, 0.15) is 48.5 Å². The second-order valence-electron chi connectivity index (χ2n) is 6.54. The lowest BCUT2D eigenvalue weighted by molar-refractivity contribution is 0.798. The Hall–Kier alpha value is -3.19. The van der Waals surface area contributed by atoms with E-state index in [0.717, 1.165) is 35.2 Å². The highest BCUT2D eigenvalue weighted by molar-refractivity contribution is 5.72. The quantitative estimate of drug-likeness (QED) is 0.710. The summed E-state index contributed by atoms with van der Waals surface area (Å²) in [5, 5.41) is 9.81. The van der Waals surface area contributed by atoms with E-state index in [4.69, 9.17) is 0 Å². The first kappa shape index (κ1) is 18.6. The normalized spacial score (nSPS) is 10.6. The third-order valence-corrected chi connectivity index (χ3v) is 4.69. The molecule has 0 fully saturated rings. The molecule has 27 heavy (non-hydrogen) atoms. The van der Waals surface area contributed by atoms with Crippen molar-refractivity contribution in [3.05, 3.63) is 87.1 Å². The van der Waals surface area contributed by atoms with Crippen molar-refractivity contribution in [2.75, 3.05) is 0 Å². The first-order valence-electron chi connectivity index (χ1n) is 9.36. The molecular formula is C23H23N3O. The summed E-state index contributed by atoms with van der Waals surface area (Å²) in [5.74, 6) is 0.714. The molecule has 0 amide bonds. The van der Waals surface area contributed by atoms with Gasteiger partial charge in [0.05, 0.1) is 11.3 Å². The van der Waals surface area contributed by atoms with E-state index in [0.29, 0.717) is 29.8 Å². The number of nitriles is 1. The first-order valence-corrected chi connectivity index (χ1v) is 9.36. The Morgan fingerprint density at radius 1 is 1.07 bits per heavy atom. The lowest BCUT2D eigenvalue weighted by atomic mass is 9.92. The fourth-order valence-corrected chi connectivity index (χ4v) is 3.32. The average Bonchev–Trinajstić information content (AvgIpc) is 2.70. The molecule has 1 aromatic heterocycles. The highest BCUT2D eigenvalue weighted by Crippen LogP contribution is 2.27. The van der Waals surface area contributed by atoms with Gasteiger partial charge in [-0.05, 0) is 23.1 Å². The minimum Gasteiger partial charge on any atom is -0.310 e. The minimum absolute atomic E-state index is 0.0979. The van der Waals surface area contributed by atoms with Crippen molar-refractivity contribution < 1.29 is 0 Å². The van der Waals surface area contributed by atoms with Crippen LogP contribution >= 0.6 is 0 Å². The number of nitrogens with zero attached hydrogens (tertiary/aromatic N) is 2. The molecule has 3 aromatic rings. The molecule has 1 N–H and O–H groups in total. The van der Waals surface area contributed by atoms with Crippen LogP contribution in [0.3, 0.4) is 0 Å². The van der Waals surface area contributed by atoms with Gasteiger partial charge in [-0.25, -0.2) is 4.98 Å². The Kier molecular flexibility index (Phi) is 5.83. The summed E-state index contributed by atoms with van der Waals surface area (Å²) < 4.78 is 0. The Bertz CT molecular complexity index is 1030. The van der Waals surface area contributed by atoms with E-state index in [1.165, 1.54) is 0 Å². The standard InChI is InChI=1S/C23H23N3O/c1-3-9-21-19(23(27)26-22(4-2)25-21)14-17-12-8-13-18(20(17)15-24)16-10-6-5-7-11-16/h5-8,10-13H,3-4,9,14H2,1-2H3,(H,25,26,27). The highest BCUT2D eigenvalue weighted by Gasteiger charge is 2.15. The first-order chi connectivity index (χ1) is 13.2. The van der Waals surface area contributed by atoms with Gasteiger partial charge in [-0.2, -0.15) is 5.26 Å². The fraction of sp³-hybridized carbons (Fsp3) is 0.261. The van der Waals surface area contributed by atoms with Crippen molar-refractivity contribution in [2.45, 2.75) is 39.5 Å². The van der Waals surface area contributed by atoms with Crippen molar-refractivity contribution >= 4 is 0 Å². The van der Waals surface area contributed by atoms with Crippen LogP contribution in [0.2, 0.25) is 0 Å². The molecule has 0 aliphatic carbocycles. The Morgan fingerprint density at radius 3 is 2.52 bits per heavy atom. The van der Waals surface area contributed by atoms with Crippen LogP contribution < -0.4 is 5.56 Å². The predicted molar refractivity (Wildman–Crippen MR) is 108 cm³/mol. The maximum atomic E-state index is 12.7. The Morgan fingerprint density at radius 2 is 1.85 bits per heavy atom. The summed E-state index contributed by atoms with van der Waals surface area (Å²) in [6.45, 7) is 4.06. The molecule has 136 valence electrons. The number of hydrogen-bond donors (Lipinski definition) is 1. The molecule has 0 spiro atoms. The Balaban J connectivity index is 2.10. The summed E-state index contributed by atoms with van der Waals surface area (Å²) >= 11 is 0. The molecule has 0 aliphatic heterocycles. The van der Waals surface area contributed by atoms with E-state index in [-0.39, 0.29) is 5.56 Å². The number of nitrogens with one attached hydrogen (secondary N) is 1. The molecule has 0 aliphatic rings. The molecular weight excluding hydrogens is 334 g/mol. The number of aryl methyl sites for hydroxylation is 2. The zero-order valence-electron chi connectivity index (χ0n) is 15.7. The van der Waals surface area contributed by atoms with E-state index in [1.807, 2.05) is 55.5 Å². The summed E-state index contributed by atoms with van der Waals surface area (Å²) in [4.78, 5) is 20.2. The van der Waals surface area contributed by atoms with Gasteiger partial charge >= 0.3 is 0 Å². The van der Waals surface area contributed by atoms with Gasteiger partial charge in [0.15, 0.2) is 0 Å². The molecule has 2 aromatic carbocycles. The second kappa shape index (κ2) is 8.46. The molecule has 0 unspecified atom stereocenters. The van der Waals surface area contributed by atoms with Crippen LogP contribution in [0, 0.1) is 11.3 Å². The number of benzene rings is 2.